The highest BCUT2D eigenvalue weighted by molar-refractivity contribution is 7.89. The van der Waals surface area contributed by atoms with Crippen LogP contribution < -0.4 is 0 Å². The van der Waals surface area contributed by atoms with Crippen molar-refractivity contribution in [1.82, 2.24) is 19.4 Å². The summed E-state index contributed by atoms with van der Waals surface area (Å²) in [7, 11) is -3.61. The molecule has 2 aliphatic heterocycles. The molecule has 0 unspecified atom stereocenters. The van der Waals surface area contributed by atoms with Gasteiger partial charge in [0.25, 0.3) is 0 Å². The first-order valence-electron chi connectivity index (χ1n) is 8.03. The lowest BCUT2D eigenvalue weighted by molar-refractivity contribution is 0.0746. The van der Waals surface area contributed by atoms with Crippen LogP contribution in [0.15, 0.2) is 41.6 Å². The highest BCUT2D eigenvalue weighted by Crippen LogP contribution is 2.27. The van der Waals surface area contributed by atoms with E-state index in [9.17, 15) is 13.5 Å². The monoisotopic (exact) mass is 348 g/mol. The van der Waals surface area contributed by atoms with Crippen LogP contribution in [0, 0.1) is 0 Å². The van der Waals surface area contributed by atoms with Gasteiger partial charge in [0.2, 0.25) is 10.0 Å². The molecule has 0 aliphatic carbocycles. The lowest BCUT2D eigenvalue weighted by atomic mass is 9.98. The third-order valence-corrected chi connectivity index (χ3v) is 6.76. The van der Waals surface area contributed by atoms with Crippen LogP contribution in [-0.2, 0) is 23.0 Å². The fourth-order valence-electron chi connectivity index (χ4n) is 3.62. The highest BCUT2D eigenvalue weighted by atomic mass is 32.2. The molecule has 0 bridgehead atoms. The summed E-state index contributed by atoms with van der Waals surface area (Å²) >= 11 is 0. The van der Waals surface area contributed by atoms with Crippen LogP contribution in [-0.4, -0.2) is 64.7 Å². The Morgan fingerprint density at radius 3 is 2.75 bits per heavy atom. The molecule has 24 heavy (non-hydrogen) atoms. The summed E-state index contributed by atoms with van der Waals surface area (Å²) in [5.74, 6) is 0. The number of aliphatic hydroxyl groups excluding tert-OH is 1. The van der Waals surface area contributed by atoms with E-state index in [1.165, 1.54) is 27.8 Å². The molecular formula is C16H20N4O3S. The van der Waals surface area contributed by atoms with Gasteiger partial charge in [0, 0.05) is 32.4 Å². The number of fused-ring (bicyclic) bond motifs is 1. The van der Waals surface area contributed by atoms with E-state index in [1.807, 2.05) is 12.1 Å². The highest BCUT2D eigenvalue weighted by Gasteiger charge is 2.42. The second kappa shape index (κ2) is 5.96. The summed E-state index contributed by atoms with van der Waals surface area (Å²) in [6.07, 6.45) is 2.91. The van der Waals surface area contributed by atoms with Crippen molar-refractivity contribution in [2.24, 2.45) is 0 Å². The third-order valence-electron chi connectivity index (χ3n) is 4.97. The maximum Gasteiger partial charge on any atom is 0.246 e. The summed E-state index contributed by atoms with van der Waals surface area (Å²) < 4.78 is 26.6. The number of H-pyrrole nitrogens is 1. The molecule has 4 rings (SSSR count). The molecule has 2 aromatic rings. The minimum Gasteiger partial charge on any atom is -0.390 e. The van der Waals surface area contributed by atoms with Gasteiger partial charge < -0.3 is 5.11 Å². The third kappa shape index (κ3) is 2.65. The molecule has 1 saturated heterocycles. The fourth-order valence-corrected chi connectivity index (χ4v) is 5.00. The number of nitrogens with zero attached hydrogens (tertiary/aromatic N) is 3. The summed E-state index contributed by atoms with van der Waals surface area (Å²) in [6.45, 7) is 2.00. The van der Waals surface area contributed by atoms with Crippen molar-refractivity contribution in [1.29, 1.82) is 0 Å². The number of nitrogens with one attached hydrogen (secondary N) is 1. The van der Waals surface area contributed by atoms with Crippen molar-refractivity contribution < 1.29 is 13.5 Å². The smallest absolute Gasteiger partial charge is 0.246 e. The van der Waals surface area contributed by atoms with Crippen LogP contribution in [0.4, 0.5) is 0 Å². The number of benzene rings is 1. The standard InChI is InChI=1S/C16H20N4O3S/c21-16-11-20(24(22,23)14-7-17-18-8-14)10-15(16)19-6-5-12-3-1-2-4-13(12)9-19/h1-4,7-8,15-16,21H,5-6,9-11H2,(H,17,18)/t15-,16-/m1/s1. The number of hydrogen-bond acceptors (Lipinski definition) is 5. The summed E-state index contributed by atoms with van der Waals surface area (Å²) in [5.41, 5.74) is 2.59. The van der Waals surface area contributed by atoms with Crippen molar-refractivity contribution in [3.63, 3.8) is 0 Å². The van der Waals surface area contributed by atoms with E-state index in [4.69, 9.17) is 0 Å². The van der Waals surface area contributed by atoms with Crippen molar-refractivity contribution >= 4 is 10.0 Å². The normalized spacial score (nSPS) is 25.7. The van der Waals surface area contributed by atoms with Gasteiger partial charge in [0.05, 0.1) is 18.3 Å². The Bertz CT molecular complexity index is 822. The molecule has 0 radical (unpaired) electrons. The maximum absolute atomic E-state index is 12.6. The number of hydrogen-bond donors (Lipinski definition) is 2. The summed E-state index contributed by atoms with van der Waals surface area (Å²) in [6, 6.07) is 8.11. The van der Waals surface area contributed by atoms with Crippen LogP contribution >= 0.6 is 0 Å². The van der Waals surface area contributed by atoms with Crippen molar-refractivity contribution in [2.75, 3.05) is 19.6 Å². The summed E-state index contributed by atoms with van der Waals surface area (Å²) in [4.78, 5) is 2.33. The number of aliphatic hydroxyl groups is 1. The number of sulfonamides is 1. The van der Waals surface area contributed by atoms with Crippen molar-refractivity contribution in [3.05, 3.63) is 47.8 Å². The predicted molar refractivity (Wildman–Crippen MR) is 87.7 cm³/mol. The summed E-state index contributed by atoms with van der Waals surface area (Å²) in [5, 5.41) is 16.7. The van der Waals surface area contributed by atoms with Gasteiger partial charge in [-0.2, -0.15) is 9.40 Å². The molecule has 3 heterocycles. The molecule has 0 spiro atoms. The van der Waals surface area contributed by atoms with E-state index < -0.39 is 16.1 Å². The zero-order chi connectivity index (χ0) is 16.7. The van der Waals surface area contributed by atoms with E-state index in [2.05, 4.69) is 27.2 Å². The van der Waals surface area contributed by atoms with Gasteiger partial charge in [-0.3, -0.25) is 10.00 Å². The number of rotatable bonds is 3. The number of aromatic amines is 1. The zero-order valence-electron chi connectivity index (χ0n) is 13.2. The Hall–Kier alpha value is -1.74. The molecule has 8 heteroatoms. The maximum atomic E-state index is 12.6. The molecule has 2 N–H and O–H groups in total. The molecule has 0 amide bonds. The largest absolute Gasteiger partial charge is 0.390 e. The van der Waals surface area contributed by atoms with Gasteiger partial charge in [-0.05, 0) is 17.5 Å². The second-order valence-corrected chi connectivity index (χ2v) is 8.32. The first-order valence-corrected chi connectivity index (χ1v) is 9.47. The predicted octanol–water partition coefficient (Wildman–Crippen LogP) is 0.202. The lowest BCUT2D eigenvalue weighted by Crippen LogP contribution is -2.45. The van der Waals surface area contributed by atoms with Gasteiger partial charge in [-0.25, -0.2) is 8.42 Å². The quantitative estimate of drug-likeness (QED) is 0.827. The second-order valence-electron chi connectivity index (χ2n) is 6.38. The topological polar surface area (TPSA) is 89.5 Å². The van der Waals surface area contributed by atoms with Crippen molar-refractivity contribution in [2.45, 2.75) is 30.0 Å². The van der Waals surface area contributed by atoms with Gasteiger partial charge in [-0.15, -0.1) is 0 Å². The van der Waals surface area contributed by atoms with Gasteiger partial charge >= 0.3 is 0 Å². The molecular weight excluding hydrogens is 328 g/mol. The van der Waals surface area contributed by atoms with Crippen LogP contribution in [0.1, 0.15) is 11.1 Å². The van der Waals surface area contributed by atoms with E-state index in [1.54, 1.807) is 0 Å². The molecule has 2 aliphatic rings. The van der Waals surface area contributed by atoms with E-state index in [0.29, 0.717) is 6.54 Å². The van der Waals surface area contributed by atoms with Gasteiger partial charge in [0.15, 0.2) is 0 Å². The van der Waals surface area contributed by atoms with Crippen LogP contribution in [0.3, 0.4) is 0 Å². The van der Waals surface area contributed by atoms with Gasteiger partial charge in [0.1, 0.15) is 4.90 Å². The average molecular weight is 348 g/mol. The van der Waals surface area contributed by atoms with Gasteiger partial charge in [-0.1, -0.05) is 24.3 Å². The molecule has 1 aromatic heterocycles. The fraction of sp³-hybridized carbons (Fsp3) is 0.438. The van der Waals surface area contributed by atoms with E-state index >= 15 is 0 Å². The van der Waals surface area contributed by atoms with Crippen LogP contribution in [0.5, 0.6) is 0 Å². The molecule has 1 aromatic carbocycles. The number of aromatic nitrogens is 2. The minimum absolute atomic E-state index is 0.121. The van der Waals surface area contributed by atoms with Crippen LogP contribution in [0.2, 0.25) is 0 Å². The molecule has 2 atom stereocenters. The molecule has 7 nitrogen and oxygen atoms in total. The first-order chi connectivity index (χ1) is 11.6. The minimum atomic E-state index is -3.61. The Morgan fingerprint density at radius 2 is 2.00 bits per heavy atom. The Labute approximate surface area is 141 Å². The molecule has 0 saturated carbocycles. The Balaban J connectivity index is 1.52. The number of β-amino-alcohol motifs (C(OH)–C–C–N with tert-alkyl or cyclic N) is 1. The lowest BCUT2D eigenvalue weighted by Gasteiger charge is -2.34. The molecule has 1 fully saturated rings. The van der Waals surface area contributed by atoms with Crippen LogP contribution in [0.25, 0.3) is 0 Å². The van der Waals surface area contributed by atoms with Crippen molar-refractivity contribution in [3.8, 4) is 0 Å². The Kier molecular flexibility index (Phi) is 3.92. The van der Waals surface area contributed by atoms with E-state index in [-0.39, 0.29) is 17.5 Å². The molecule has 128 valence electrons. The average Bonchev–Trinajstić information content (AvgIpc) is 3.24. The zero-order valence-corrected chi connectivity index (χ0v) is 14.0. The SMILES string of the molecule is O=S(=O)(c1cn[nH]c1)N1C[C@@H](O)[C@H](N2CCc3ccccc3C2)C1. The first kappa shape index (κ1) is 15.8. The van der Waals surface area contributed by atoms with E-state index in [0.717, 1.165) is 19.5 Å². The Morgan fingerprint density at radius 1 is 1.21 bits per heavy atom.